The minimum Gasteiger partial charge on any atom is -0.392 e. The van der Waals surface area contributed by atoms with Gasteiger partial charge in [0, 0.05) is 13.1 Å². The van der Waals surface area contributed by atoms with Crippen LogP contribution in [0.5, 0.6) is 0 Å². The summed E-state index contributed by atoms with van der Waals surface area (Å²) in [6, 6.07) is 6.49. The Labute approximate surface area is 103 Å². The molecular weight excluding hydrogens is 217 g/mol. The number of nitrogens with zero attached hydrogens (tertiary/aromatic N) is 1. The molecule has 0 aliphatic carbocycles. The van der Waals surface area contributed by atoms with E-state index in [-0.39, 0.29) is 11.9 Å². The van der Waals surface area contributed by atoms with Gasteiger partial charge in [-0.05, 0) is 30.7 Å². The van der Waals surface area contributed by atoms with Crippen molar-refractivity contribution < 1.29 is 9.50 Å². The van der Waals surface area contributed by atoms with Crippen LogP contribution in [0.1, 0.15) is 25.8 Å². The fourth-order valence-electron chi connectivity index (χ4n) is 1.74. The highest BCUT2D eigenvalue weighted by atomic mass is 19.1. The van der Waals surface area contributed by atoms with Gasteiger partial charge in [0.05, 0.1) is 6.10 Å². The summed E-state index contributed by atoms with van der Waals surface area (Å²) in [5.41, 5.74) is 1.06. The molecule has 1 aromatic carbocycles. The summed E-state index contributed by atoms with van der Waals surface area (Å²) in [4.78, 5) is 2.06. The van der Waals surface area contributed by atoms with Crippen LogP contribution in [-0.4, -0.2) is 29.7 Å². The van der Waals surface area contributed by atoms with Crippen molar-refractivity contribution in [2.75, 3.05) is 13.6 Å². The summed E-state index contributed by atoms with van der Waals surface area (Å²) in [5, 5.41) is 9.91. The average molecular weight is 239 g/mol. The summed E-state index contributed by atoms with van der Waals surface area (Å²) in [6.45, 7) is 5.50. The van der Waals surface area contributed by atoms with Gasteiger partial charge in [0.1, 0.15) is 5.82 Å². The van der Waals surface area contributed by atoms with E-state index in [1.807, 2.05) is 7.05 Å². The number of rotatable bonds is 6. The highest BCUT2D eigenvalue weighted by Crippen LogP contribution is 2.10. The SMILES string of the molecule is CCC(C)C(O)CN(C)Cc1ccc(F)cc1. The van der Waals surface area contributed by atoms with Crippen molar-refractivity contribution in [1.29, 1.82) is 0 Å². The molecule has 0 aromatic heterocycles. The van der Waals surface area contributed by atoms with Crippen LogP contribution < -0.4 is 0 Å². The normalized spacial score (nSPS) is 14.9. The number of halogens is 1. The van der Waals surface area contributed by atoms with E-state index >= 15 is 0 Å². The molecule has 2 unspecified atom stereocenters. The Morgan fingerprint density at radius 1 is 1.29 bits per heavy atom. The summed E-state index contributed by atoms with van der Waals surface area (Å²) in [5.74, 6) is 0.0988. The smallest absolute Gasteiger partial charge is 0.123 e. The Morgan fingerprint density at radius 2 is 1.88 bits per heavy atom. The fourth-order valence-corrected chi connectivity index (χ4v) is 1.74. The monoisotopic (exact) mass is 239 g/mol. The molecule has 0 spiro atoms. The van der Waals surface area contributed by atoms with Gasteiger partial charge in [-0.15, -0.1) is 0 Å². The van der Waals surface area contributed by atoms with Gasteiger partial charge in [-0.1, -0.05) is 32.4 Å². The highest BCUT2D eigenvalue weighted by Gasteiger charge is 2.14. The molecule has 0 aliphatic heterocycles. The molecule has 0 bridgehead atoms. The van der Waals surface area contributed by atoms with Gasteiger partial charge in [-0.25, -0.2) is 4.39 Å². The molecule has 1 rings (SSSR count). The van der Waals surface area contributed by atoms with E-state index in [1.54, 1.807) is 12.1 Å². The zero-order valence-corrected chi connectivity index (χ0v) is 10.9. The summed E-state index contributed by atoms with van der Waals surface area (Å²) >= 11 is 0. The topological polar surface area (TPSA) is 23.5 Å². The molecule has 0 radical (unpaired) electrons. The van der Waals surface area contributed by atoms with Gasteiger partial charge in [0.15, 0.2) is 0 Å². The quantitative estimate of drug-likeness (QED) is 0.825. The second kappa shape index (κ2) is 6.72. The van der Waals surface area contributed by atoms with Gasteiger partial charge < -0.3 is 5.11 Å². The molecule has 2 nitrogen and oxygen atoms in total. The van der Waals surface area contributed by atoms with E-state index in [1.165, 1.54) is 12.1 Å². The standard InChI is InChI=1S/C14H22FNO/c1-4-11(2)14(17)10-16(3)9-12-5-7-13(15)8-6-12/h5-8,11,14,17H,4,9-10H2,1-3H3. The number of aliphatic hydroxyl groups is 1. The summed E-state index contributed by atoms with van der Waals surface area (Å²) < 4.78 is 12.7. The minimum absolute atomic E-state index is 0.212. The van der Waals surface area contributed by atoms with Crippen molar-refractivity contribution in [1.82, 2.24) is 4.90 Å². The molecule has 1 aromatic rings. The van der Waals surface area contributed by atoms with Crippen molar-refractivity contribution in [3.8, 4) is 0 Å². The molecule has 1 N–H and O–H groups in total. The second-order valence-corrected chi connectivity index (χ2v) is 4.78. The maximum atomic E-state index is 12.7. The molecule has 96 valence electrons. The van der Waals surface area contributed by atoms with E-state index in [4.69, 9.17) is 0 Å². The second-order valence-electron chi connectivity index (χ2n) is 4.78. The van der Waals surface area contributed by atoms with Crippen molar-refractivity contribution >= 4 is 0 Å². The lowest BCUT2D eigenvalue weighted by molar-refractivity contribution is 0.0754. The maximum Gasteiger partial charge on any atom is 0.123 e. The number of benzene rings is 1. The third kappa shape index (κ3) is 4.84. The molecule has 0 aliphatic rings. The fraction of sp³-hybridized carbons (Fsp3) is 0.571. The van der Waals surface area contributed by atoms with E-state index in [0.29, 0.717) is 12.5 Å². The molecule has 0 saturated carbocycles. The summed E-state index contributed by atoms with van der Waals surface area (Å²) in [6.07, 6.45) is 0.677. The molecule has 17 heavy (non-hydrogen) atoms. The molecular formula is C14H22FNO. The number of aliphatic hydroxyl groups excluding tert-OH is 1. The third-order valence-electron chi connectivity index (χ3n) is 3.17. The van der Waals surface area contributed by atoms with Crippen LogP contribution in [-0.2, 0) is 6.54 Å². The van der Waals surface area contributed by atoms with Gasteiger partial charge in [0.25, 0.3) is 0 Å². The van der Waals surface area contributed by atoms with Crippen molar-refractivity contribution in [3.63, 3.8) is 0 Å². The molecule has 2 atom stereocenters. The van der Waals surface area contributed by atoms with Crippen LogP contribution in [0.2, 0.25) is 0 Å². The average Bonchev–Trinajstić information content (AvgIpc) is 2.30. The first-order valence-corrected chi connectivity index (χ1v) is 6.14. The molecule has 0 saturated heterocycles. The number of hydrogen-bond acceptors (Lipinski definition) is 2. The van der Waals surface area contributed by atoms with E-state index < -0.39 is 0 Å². The number of likely N-dealkylation sites (N-methyl/N-ethyl adjacent to an activating group) is 1. The number of hydrogen-bond donors (Lipinski definition) is 1. The zero-order chi connectivity index (χ0) is 12.8. The van der Waals surface area contributed by atoms with Crippen LogP contribution in [0.4, 0.5) is 4.39 Å². The lowest BCUT2D eigenvalue weighted by Crippen LogP contribution is -2.32. The van der Waals surface area contributed by atoms with E-state index in [0.717, 1.165) is 18.5 Å². The Morgan fingerprint density at radius 3 is 2.41 bits per heavy atom. The Bertz CT molecular complexity index is 325. The maximum absolute atomic E-state index is 12.7. The van der Waals surface area contributed by atoms with Gasteiger partial charge in [0.2, 0.25) is 0 Å². The predicted molar refractivity (Wildman–Crippen MR) is 68.2 cm³/mol. The Hall–Kier alpha value is -0.930. The van der Waals surface area contributed by atoms with Crippen LogP contribution in [0, 0.1) is 11.7 Å². The van der Waals surface area contributed by atoms with Crippen molar-refractivity contribution in [2.24, 2.45) is 5.92 Å². The van der Waals surface area contributed by atoms with Gasteiger partial charge in [-0.2, -0.15) is 0 Å². The van der Waals surface area contributed by atoms with Gasteiger partial charge >= 0.3 is 0 Å². The van der Waals surface area contributed by atoms with Crippen LogP contribution in [0.3, 0.4) is 0 Å². The molecule has 0 heterocycles. The van der Waals surface area contributed by atoms with Crippen LogP contribution in [0.25, 0.3) is 0 Å². The van der Waals surface area contributed by atoms with Gasteiger partial charge in [-0.3, -0.25) is 4.90 Å². The van der Waals surface area contributed by atoms with Crippen LogP contribution >= 0.6 is 0 Å². The lowest BCUT2D eigenvalue weighted by atomic mass is 10.0. The van der Waals surface area contributed by atoms with E-state index in [9.17, 15) is 9.50 Å². The lowest BCUT2D eigenvalue weighted by Gasteiger charge is -2.24. The van der Waals surface area contributed by atoms with Crippen molar-refractivity contribution in [3.05, 3.63) is 35.6 Å². The Kier molecular flexibility index (Phi) is 5.59. The van der Waals surface area contributed by atoms with Crippen molar-refractivity contribution in [2.45, 2.75) is 32.9 Å². The molecule has 0 fully saturated rings. The Balaban J connectivity index is 2.44. The molecule has 0 amide bonds. The minimum atomic E-state index is -0.301. The zero-order valence-electron chi connectivity index (χ0n) is 10.9. The van der Waals surface area contributed by atoms with Crippen LogP contribution in [0.15, 0.2) is 24.3 Å². The van der Waals surface area contributed by atoms with E-state index in [2.05, 4.69) is 18.7 Å². The first kappa shape index (κ1) is 14.1. The largest absolute Gasteiger partial charge is 0.392 e. The first-order valence-electron chi connectivity index (χ1n) is 6.14. The summed E-state index contributed by atoms with van der Waals surface area (Å²) in [7, 11) is 1.97. The molecule has 3 heteroatoms. The first-order chi connectivity index (χ1) is 8.02. The third-order valence-corrected chi connectivity index (χ3v) is 3.17. The highest BCUT2D eigenvalue weighted by molar-refractivity contribution is 5.15. The predicted octanol–water partition coefficient (Wildman–Crippen LogP) is 2.66.